The molecule has 0 spiro atoms. The molecule has 0 aromatic rings. The minimum absolute atomic E-state index is 0.00429. The highest BCUT2D eigenvalue weighted by Crippen LogP contribution is 2.39. The molecule has 3 unspecified atom stereocenters. The van der Waals surface area contributed by atoms with Crippen LogP contribution >= 0.6 is 0 Å². The summed E-state index contributed by atoms with van der Waals surface area (Å²) in [6, 6.07) is 0. The van der Waals surface area contributed by atoms with Gasteiger partial charge in [0.1, 0.15) is 24.5 Å². The third kappa shape index (κ3) is 3.05. The van der Waals surface area contributed by atoms with Gasteiger partial charge in [-0.25, -0.2) is 14.4 Å². The van der Waals surface area contributed by atoms with Crippen molar-refractivity contribution >= 4 is 18.1 Å². The van der Waals surface area contributed by atoms with E-state index in [2.05, 4.69) is 9.98 Å². The highest BCUT2D eigenvalue weighted by atomic mass is 19.1. The molecular formula is C18H25FN4O3. The Labute approximate surface area is 152 Å². The first kappa shape index (κ1) is 17.6. The summed E-state index contributed by atoms with van der Waals surface area (Å²) in [5.41, 5.74) is 1.18. The van der Waals surface area contributed by atoms with Crippen LogP contribution in [0, 0.1) is 5.92 Å². The van der Waals surface area contributed by atoms with Gasteiger partial charge in [0.15, 0.2) is 6.23 Å². The Morgan fingerprint density at radius 2 is 2.31 bits per heavy atom. The largest absolute Gasteiger partial charge is 0.382 e. The van der Waals surface area contributed by atoms with E-state index in [-0.39, 0.29) is 24.1 Å². The summed E-state index contributed by atoms with van der Waals surface area (Å²) in [6.07, 6.45) is 4.06. The molecule has 7 nitrogen and oxygen atoms in total. The van der Waals surface area contributed by atoms with Gasteiger partial charge in [0, 0.05) is 45.5 Å². The zero-order valence-electron chi connectivity index (χ0n) is 15.2. The van der Waals surface area contributed by atoms with Gasteiger partial charge in [-0.2, -0.15) is 0 Å². The minimum Gasteiger partial charge on any atom is -0.382 e. The molecule has 0 saturated carbocycles. The summed E-state index contributed by atoms with van der Waals surface area (Å²) >= 11 is 0. The SMILES string of the molecule is COC[C@@H]1CC(F)[C@H](N2C=C3CCCN(C(C)=O)C4=NC=NC2CC34)O1. The van der Waals surface area contributed by atoms with Gasteiger partial charge in [-0.15, -0.1) is 0 Å². The lowest BCUT2D eigenvalue weighted by molar-refractivity contribution is -0.125. The second-order valence-electron chi connectivity index (χ2n) is 7.30. The summed E-state index contributed by atoms with van der Waals surface area (Å²) in [5, 5.41) is 0. The number of amidine groups is 1. The summed E-state index contributed by atoms with van der Waals surface area (Å²) in [5.74, 6) is 0.831. The molecule has 0 radical (unpaired) electrons. The number of halogens is 1. The van der Waals surface area contributed by atoms with Gasteiger partial charge in [0.05, 0.1) is 12.7 Å². The van der Waals surface area contributed by atoms with E-state index < -0.39 is 12.4 Å². The third-order valence-corrected chi connectivity index (χ3v) is 5.57. The van der Waals surface area contributed by atoms with Crippen LogP contribution in [0.4, 0.5) is 4.39 Å². The number of carbonyl (C=O) groups excluding carboxylic acids is 1. The van der Waals surface area contributed by atoms with Crippen molar-refractivity contribution in [2.45, 2.75) is 57.3 Å². The second-order valence-corrected chi connectivity index (χ2v) is 7.30. The fraction of sp³-hybridized carbons (Fsp3) is 0.722. The summed E-state index contributed by atoms with van der Waals surface area (Å²) < 4.78 is 25.7. The average molecular weight is 364 g/mol. The maximum Gasteiger partial charge on any atom is 0.224 e. The maximum absolute atomic E-state index is 14.7. The number of amides is 1. The Hall–Kier alpha value is -1.80. The summed E-state index contributed by atoms with van der Waals surface area (Å²) in [4.78, 5) is 24.7. The number of nitrogens with zero attached hydrogens (tertiary/aromatic N) is 4. The number of carbonyl (C=O) groups is 1. The van der Waals surface area contributed by atoms with Gasteiger partial charge < -0.3 is 19.3 Å². The van der Waals surface area contributed by atoms with Crippen molar-refractivity contribution in [1.29, 1.82) is 0 Å². The fourth-order valence-electron chi connectivity index (χ4n) is 4.39. The van der Waals surface area contributed by atoms with Gasteiger partial charge in [-0.3, -0.25) is 4.79 Å². The van der Waals surface area contributed by atoms with Gasteiger partial charge >= 0.3 is 0 Å². The molecular weight excluding hydrogens is 339 g/mol. The summed E-state index contributed by atoms with van der Waals surface area (Å²) in [6.45, 7) is 2.61. The highest BCUT2D eigenvalue weighted by molar-refractivity contribution is 6.03. The molecule has 4 heterocycles. The van der Waals surface area contributed by atoms with Crippen molar-refractivity contribution in [2.75, 3.05) is 20.3 Å². The molecule has 1 amide bonds. The minimum atomic E-state index is -1.08. The molecule has 26 heavy (non-hydrogen) atoms. The number of hydrogen-bond acceptors (Lipinski definition) is 6. The van der Waals surface area contributed by atoms with E-state index in [0.717, 1.165) is 18.7 Å². The van der Waals surface area contributed by atoms with Crippen LogP contribution in [-0.2, 0) is 14.3 Å². The van der Waals surface area contributed by atoms with Gasteiger partial charge in [-0.1, -0.05) is 0 Å². The molecule has 2 bridgehead atoms. The Kier molecular flexibility index (Phi) is 4.79. The maximum atomic E-state index is 14.7. The first-order valence-corrected chi connectivity index (χ1v) is 9.22. The average Bonchev–Trinajstić information content (AvgIpc) is 2.77. The number of likely N-dealkylation sites (tertiary alicyclic amines) is 1. The van der Waals surface area contributed by atoms with Crippen molar-refractivity contribution < 1.29 is 18.7 Å². The van der Waals surface area contributed by atoms with Crippen LogP contribution in [0.15, 0.2) is 21.8 Å². The molecule has 0 N–H and O–H groups in total. The van der Waals surface area contributed by atoms with E-state index in [0.29, 0.717) is 26.0 Å². The Bertz CT molecular complexity index is 665. The van der Waals surface area contributed by atoms with Crippen LogP contribution in [0.2, 0.25) is 0 Å². The molecule has 0 aliphatic carbocycles. The van der Waals surface area contributed by atoms with Gasteiger partial charge in [0.25, 0.3) is 0 Å². The van der Waals surface area contributed by atoms with Crippen LogP contribution < -0.4 is 0 Å². The van der Waals surface area contributed by atoms with Crippen LogP contribution in [0.5, 0.6) is 0 Å². The predicted octanol–water partition coefficient (Wildman–Crippen LogP) is 1.70. The quantitative estimate of drug-likeness (QED) is 0.765. The molecule has 2 saturated heterocycles. The fourth-order valence-corrected chi connectivity index (χ4v) is 4.39. The van der Waals surface area contributed by atoms with E-state index in [1.807, 2.05) is 11.1 Å². The highest BCUT2D eigenvalue weighted by Gasteiger charge is 2.45. The van der Waals surface area contributed by atoms with Crippen LogP contribution in [0.25, 0.3) is 0 Å². The molecule has 4 aliphatic rings. The first-order valence-electron chi connectivity index (χ1n) is 9.22. The van der Waals surface area contributed by atoms with Crippen LogP contribution in [-0.4, -0.2) is 72.8 Å². The molecule has 142 valence electrons. The molecule has 8 heteroatoms. The first-order chi connectivity index (χ1) is 12.6. The van der Waals surface area contributed by atoms with Crippen molar-refractivity contribution in [3.05, 3.63) is 11.8 Å². The van der Waals surface area contributed by atoms with E-state index >= 15 is 0 Å². The second kappa shape index (κ2) is 7.08. The normalized spacial score (nSPS) is 36.3. The number of aliphatic imine (C=N–C) groups is 2. The monoisotopic (exact) mass is 364 g/mol. The molecule has 0 aromatic carbocycles. The number of hydrogen-bond donors (Lipinski definition) is 0. The van der Waals surface area contributed by atoms with Crippen molar-refractivity contribution in [1.82, 2.24) is 9.80 Å². The predicted molar refractivity (Wildman–Crippen MR) is 94.4 cm³/mol. The van der Waals surface area contributed by atoms with Gasteiger partial charge in [-0.05, 0) is 18.4 Å². The van der Waals surface area contributed by atoms with E-state index in [4.69, 9.17) is 9.47 Å². The Morgan fingerprint density at radius 3 is 3.08 bits per heavy atom. The van der Waals surface area contributed by atoms with Crippen molar-refractivity contribution in [3.8, 4) is 0 Å². The zero-order valence-corrected chi connectivity index (χ0v) is 15.2. The smallest absolute Gasteiger partial charge is 0.224 e. The number of fused-ring (bicyclic) bond motifs is 1. The van der Waals surface area contributed by atoms with Crippen LogP contribution in [0.1, 0.15) is 32.6 Å². The number of ether oxygens (including phenoxy) is 2. The zero-order chi connectivity index (χ0) is 18.3. The molecule has 2 fully saturated rings. The third-order valence-electron chi connectivity index (χ3n) is 5.57. The Balaban J connectivity index is 1.63. The van der Waals surface area contributed by atoms with Crippen molar-refractivity contribution in [3.63, 3.8) is 0 Å². The number of rotatable bonds is 3. The molecule has 0 aromatic heterocycles. The van der Waals surface area contributed by atoms with E-state index in [1.165, 1.54) is 11.9 Å². The lowest BCUT2D eigenvalue weighted by atomic mass is 9.88. The lowest BCUT2D eigenvalue weighted by Gasteiger charge is -2.40. The van der Waals surface area contributed by atoms with Gasteiger partial charge in [0.2, 0.25) is 5.91 Å². The summed E-state index contributed by atoms with van der Waals surface area (Å²) in [7, 11) is 1.60. The molecule has 4 rings (SSSR count). The van der Waals surface area contributed by atoms with E-state index in [1.54, 1.807) is 18.9 Å². The topological polar surface area (TPSA) is 66.7 Å². The van der Waals surface area contributed by atoms with Crippen molar-refractivity contribution in [2.24, 2.45) is 15.9 Å². The molecule has 4 aliphatic heterocycles. The van der Waals surface area contributed by atoms with Crippen LogP contribution in [0.3, 0.4) is 0 Å². The number of alkyl halides is 1. The lowest BCUT2D eigenvalue weighted by Crippen LogP contribution is -2.48. The Morgan fingerprint density at radius 1 is 1.46 bits per heavy atom. The van der Waals surface area contributed by atoms with E-state index in [9.17, 15) is 9.18 Å². The number of methoxy groups -OCH3 is 1. The standard InChI is InChI=1S/C18H25FN4O3/c1-11(24)22-5-3-4-12-8-23(16-7-14(12)17(22)21-10-20-16)18-15(19)6-13(26-18)9-25-2/h8,10,13-16,18H,3-7,9H2,1-2H3/t13-,14?,15?,16?,18+/m0/s1. The molecule has 5 atom stereocenters.